The molecular formula is C10H16O2. The molecule has 0 N–H and O–H groups in total. The highest BCUT2D eigenvalue weighted by Crippen LogP contribution is 2.34. The zero-order valence-electron chi connectivity index (χ0n) is 7.42. The Morgan fingerprint density at radius 1 is 1.33 bits per heavy atom. The van der Waals surface area contributed by atoms with Gasteiger partial charge in [0.25, 0.3) is 0 Å². The standard InChI is InChI=1S/C10H16O2/c11-9(6-5-8-3-4-8)10-2-1-7-12-10/h8,10H,1-7H2. The van der Waals surface area contributed by atoms with Crippen molar-refractivity contribution in [2.45, 2.75) is 44.6 Å². The number of ketones is 1. The van der Waals surface area contributed by atoms with E-state index in [4.69, 9.17) is 4.74 Å². The smallest absolute Gasteiger partial charge is 0.161 e. The number of carbonyl (C=O) groups is 1. The molecule has 0 aromatic heterocycles. The Kier molecular flexibility index (Phi) is 2.45. The van der Waals surface area contributed by atoms with Crippen LogP contribution in [0.25, 0.3) is 0 Å². The second-order valence-electron chi connectivity index (χ2n) is 3.95. The largest absolute Gasteiger partial charge is 0.370 e. The van der Waals surface area contributed by atoms with Gasteiger partial charge in [0.2, 0.25) is 0 Å². The average molecular weight is 168 g/mol. The van der Waals surface area contributed by atoms with Gasteiger partial charge < -0.3 is 4.74 Å². The van der Waals surface area contributed by atoms with Gasteiger partial charge in [-0.15, -0.1) is 0 Å². The summed E-state index contributed by atoms with van der Waals surface area (Å²) in [5.74, 6) is 1.22. The van der Waals surface area contributed by atoms with E-state index in [0.717, 1.165) is 38.2 Å². The van der Waals surface area contributed by atoms with E-state index in [9.17, 15) is 4.79 Å². The molecule has 2 rings (SSSR count). The lowest BCUT2D eigenvalue weighted by atomic mass is 10.1. The fourth-order valence-electron chi connectivity index (χ4n) is 1.75. The molecule has 1 saturated heterocycles. The van der Waals surface area contributed by atoms with Crippen LogP contribution in [0.4, 0.5) is 0 Å². The zero-order valence-corrected chi connectivity index (χ0v) is 7.42. The van der Waals surface area contributed by atoms with E-state index in [1.807, 2.05) is 0 Å². The fraction of sp³-hybridized carbons (Fsp3) is 0.900. The summed E-state index contributed by atoms with van der Waals surface area (Å²) in [6.07, 6.45) is 6.55. The highest BCUT2D eigenvalue weighted by Gasteiger charge is 2.26. The summed E-state index contributed by atoms with van der Waals surface area (Å²) < 4.78 is 5.32. The third kappa shape index (κ3) is 2.07. The fourth-order valence-corrected chi connectivity index (χ4v) is 1.75. The van der Waals surface area contributed by atoms with Gasteiger partial charge in [-0.2, -0.15) is 0 Å². The van der Waals surface area contributed by atoms with Crippen molar-refractivity contribution in [3.8, 4) is 0 Å². The molecule has 1 saturated carbocycles. The quantitative estimate of drug-likeness (QED) is 0.641. The SMILES string of the molecule is O=C(CCC1CC1)C1CCCO1. The van der Waals surface area contributed by atoms with Gasteiger partial charge in [0, 0.05) is 13.0 Å². The minimum Gasteiger partial charge on any atom is -0.370 e. The lowest BCUT2D eigenvalue weighted by molar-refractivity contribution is -0.128. The maximum atomic E-state index is 11.5. The van der Waals surface area contributed by atoms with Crippen molar-refractivity contribution in [3.63, 3.8) is 0 Å². The molecule has 2 nitrogen and oxygen atoms in total. The molecule has 2 heteroatoms. The zero-order chi connectivity index (χ0) is 8.39. The molecule has 1 atom stereocenters. The first-order valence-electron chi connectivity index (χ1n) is 5.00. The van der Waals surface area contributed by atoms with Crippen LogP contribution in [0, 0.1) is 5.92 Å². The Morgan fingerprint density at radius 3 is 2.75 bits per heavy atom. The first kappa shape index (κ1) is 8.24. The van der Waals surface area contributed by atoms with Crippen LogP contribution in [0.2, 0.25) is 0 Å². The maximum absolute atomic E-state index is 11.5. The Bertz CT molecular complexity index is 167. The summed E-state index contributed by atoms with van der Waals surface area (Å²) in [4.78, 5) is 11.5. The Labute approximate surface area is 73.3 Å². The molecule has 1 aliphatic heterocycles. The van der Waals surface area contributed by atoms with Gasteiger partial charge in [0.15, 0.2) is 5.78 Å². The minimum atomic E-state index is -0.0382. The van der Waals surface area contributed by atoms with Crippen LogP contribution in [0.15, 0.2) is 0 Å². The summed E-state index contributed by atoms with van der Waals surface area (Å²) in [5, 5.41) is 0. The van der Waals surface area contributed by atoms with E-state index in [1.165, 1.54) is 12.8 Å². The van der Waals surface area contributed by atoms with E-state index in [1.54, 1.807) is 0 Å². The van der Waals surface area contributed by atoms with Crippen molar-refractivity contribution in [1.29, 1.82) is 0 Å². The van der Waals surface area contributed by atoms with Gasteiger partial charge in [0.05, 0.1) is 0 Å². The van der Waals surface area contributed by atoms with Crippen LogP contribution in [0.1, 0.15) is 38.5 Å². The van der Waals surface area contributed by atoms with Crippen molar-refractivity contribution in [2.75, 3.05) is 6.61 Å². The van der Waals surface area contributed by atoms with Crippen LogP contribution < -0.4 is 0 Å². The van der Waals surface area contributed by atoms with Gasteiger partial charge in [-0.25, -0.2) is 0 Å². The van der Waals surface area contributed by atoms with E-state index >= 15 is 0 Å². The predicted molar refractivity (Wildman–Crippen MR) is 45.9 cm³/mol. The highest BCUT2D eigenvalue weighted by atomic mass is 16.5. The Morgan fingerprint density at radius 2 is 2.17 bits per heavy atom. The summed E-state index contributed by atoms with van der Waals surface area (Å²) in [5.41, 5.74) is 0. The van der Waals surface area contributed by atoms with Crippen molar-refractivity contribution >= 4 is 5.78 Å². The molecule has 12 heavy (non-hydrogen) atoms. The first-order valence-corrected chi connectivity index (χ1v) is 5.00. The van der Waals surface area contributed by atoms with Crippen LogP contribution in [0.3, 0.4) is 0 Å². The van der Waals surface area contributed by atoms with Crippen LogP contribution in [0.5, 0.6) is 0 Å². The van der Waals surface area contributed by atoms with Crippen molar-refractivity contribution in [3.05, 3.63) is 0 Å². The molecule has 1 unspecified atom stereocenters. The number of hydrogen-bond acceptors (Lipinski definition) is 2. The molecule has 0 amide bonds. The summed E-state index contributed by atoms with van der Waals surface area (Å²) >= 11 is 0. The number of rotatable bonds is 4. The lowest BCUT2D eigenvalue weighted by Crippen LogP contribution is -2.18. The van der Waals surface area contributed by atoms with Crippen molar-refractivity contribution in [1.82, 2.24) is 0 Å². The van der Waals surface area contributed by atoms with Gasteiger partial charge in [-0.3, -0.25) is 4.79 Å². The van der Waals surface area contributed by atoms with Crippen molar-refractivity contribution < 1.29 is 9.53 Å². The lowest BCUT2D eigenvalue weighted by Gasteiger charge is -2.06. The molecule has 1 heterocycles. The van der Waals surface area contributed by atoms with E-state index < -0.39 is 0 Å². The molecule has 0 aromatic rings. The van der Waals surface area contributed by atoms with E-state index in [0.29, 0.717) is 5.78 Å². The van der Waals surface area contributed by atoms with Crippen molar-refractivity contribution in [2.24, 2.45) is 5.92 Å². The second kappa shape index (κ2) is 3.56. The maximum Gasteiger partial charge on any atom is 0.161 e. The topological polar surface area (TPSA) is 26.3 Å². The summed E-state index contributed by atoms with van der Waals surface area (Å²) in [6.45, 7) is 0.792. The minimum absolute atomic E-state index is 0.0382. The molecule has 0 spiro atoms. The molecule has 68 valence electrons. The first-order chi connectivity index (χ1) is 5.86. The monoisotopic (exact) mass is 168 g/mol. The van der Waals surface area contributed by atoms with E-state index in [2.05, 4.69) is 0 Å². The van der Waals surface area contributed by atoms with Crippen LogP contribution >= 0.6 is 0 Å². The molecule has 0 aromatic carbocycles. The van der Waals surface area contributed by atoms with Crippen LogP contribution in [-0.2, 0) is 9.53 Å². The van der Waals surface area contributed by atoms with Gasteiger partial charge in [0.1, 0.15) is 6.10 Å². The normalized spacial score (nSPS) is 29.2. The number of ether oxygens (including phenoxy) is 1. The summed E-state index contributed by atoms with van der Waals surface area (Å²) in [6, 6.07) is 0. The third-order valence-corrected chi connectivity index (χ3v) is 2.78. The number of carbonyl (C=O) groups excluding carboxylic acids is 1. The van der Waals surface area contributed by atoms with Gasteiger partial charge in [-0.1, -0.05) is 12.8 Å². The third-order valence-electron chi connectivity index (χ3n) is 2.78. The Hall–Kier alpha value is -0.370. The molecule has 2 fully saturated rings. The average Bonchev–Trinajstić information content (AvgIpc) is 2.74. The summed E-state index contributed by atoms with van der Waals surface area (Å²) in [7, 11) is 0. The Balaban J connectivity index is 1.67. The van der Waals surface area contributed by atoms with E-state index in [-0.39, 0.29) is 6.10 Å². The highest BCUT2D eigenvalue weighted by molar-refractivity contribution is 5.83. The molecule has 0 bridgehead atoms. The predicted octanol–water partition coefficient (Wildman–Crippen LogP) is 1.92. The van der Waals surface area contributed by atoms with Crippen LogP contribution in [-0.4, -0.2) is 18.5 Å². The molecule has 2 aliphatic rings. The molecular weight excluding hydrogens is 152 g/mol. The van der Waals surface area contributed by atoms with Gasteiger partial charge in [-0.05, 0) is 25.2 Å². The number of Topliss-reactive ketones (excluding diaryl/α,β-unsaturated/α-hetero) is 1. The molecule has 1 aliphatic carbocycles. The number of hydrogen-bond donors (Lipinski definition) is 0. The van der Waals surface area contributed by atoms with Gasteiger partial charge >= 0.3 is 0 Å². The molecule has 0 radical (unpaired) electrons. The second-order valence-corrected chi connectivity index (χ2v) is 3.95.